The van der Waals surface area contributed by atoms with E-state index >= 15 is 0 Å². The summed E-state index contributed by atoms with van der Waals surface area (Å²) in [5.74, 6) is -1.23. The van der Waals surface area contributed by atoms with E-state index in [2.05, 4.69) is 6.07 Å². The Morgan fingerprint density at radius 2 is 1.92 bits per heavy atom. The van der Waals surface area contributed by atoms with Crippen molar-refractivity contribution in [1.82, 2.24) is 4.90 Å². The summed E-state index contributed by atoms with van der Waals surface area (Å²) in [6.07, 6.45) is 3.44. The highest BCUT2D eigenvalue weighted by Crippen LogP contribution is 2.18. The van der Waals surface area contributed by atoms with Crippen molar-refractivity contribution in [2.45, 2.75) is 13.0 Å². The molecule has 0 aliphatic carbocycles. The van der Waals surface area contributed by atoms with Crippen molar-refractivity contribution in [1.29, 1.82) is 0 Å². The first-order chi connectivity index (χ1) is 12.1. The average Bonchev–Trinajstić information content (AvgIpc) is 2.64. The van der Waals surface area contributed by atoms with Crippen LogP contribution in [0.2, 0.25) is 0 Å². The first-order valence-electron chi connectivity index (χ1n) is 8.07. The maximum Gasteiger partial charge on any atom is 0.331 e. The highest BCUT2D eigenvalue weighted by atomic mass is 19.1. The second kappa shape index (κ2) is 7.75. The van der Waals surface area contributed by atoms with Gasteiger partial charge in [-0.2, -0.15) is 0 Å². The smallest absolute Gasteiger partial charge is 0.331 e. The van der Waals surface area contributed by atoms with Crippen molar-refractivity contribution < 1.29 is 18.7 Å². The summed E-state index contributed by atoms with van der Waals surface area (Å²) in [5.41, 5.74) is 2.93. The molecule has 0 N–H and O–H groups in total. The minimum atomic E-state index is -0.630. The Morgan fingerprint density at radius 1 is 1.12 bits per heavy atom. The van der Waals surface area contributed by atoms with Crippen LogP contribution >= 0.6 is 0 Å². The van der Waals surface area contributed by atoms with E-state index in [0.717, 1.165) is 12.0 Å². The van der Waals surface area contributed by atoms with Gasteiger partial charge in [0.2, 0.25) is 0 Å². The highest BCUT2D eigenvalue weighted by molar-refractivity contribution is 5.89. The van der Waals surface area contributed by atoms with E-state index in [-0.39, 0.29) is 18.3 Å². The van der Waals surface area contributed by atoms with E-state index in [1.807, 2.05) is 18.2 Å². The molecule has 2 aromatic carbocycles. The Labute approximate surface area is 145 Å². The number of hydrogen-bond acceptors (Lipinski definition) is 3. The number of rotatable bonds is 4. The molecule has 1 amide bonds. The van der Waals surface area contributed by atoms with E-state index in [4.69, 9.17) is 4.74 Å². The van der Waals surface area contributed by atoms with Gasteiger partial charge in [-0.25, -0.2) is 9.18 Å². The maximum absolute atomic E-state index is 13.1. The molecular weight excluding hydrogens is 321 g/mol. The Kier molecular flexibility index (Phi) is 5.23. The van der Waals surface area contributed by atoms with Crippen LogP contribution < -0.4 is 0 Å². The van der Waals surface area contributed by atoms with Crippen molar-refractivity contribution in [3.63, 3.8) is 0 Å². The van der Waals surface area contributed by atoms with Crippen molar-refractivity contribution in [3.05, 3.63) is 77.1 Å². The van der Waals surface area contributed by atoms with Crippen LogP contribution in [0.4, 0.5) is 4.39 Å². The van der Waals surface area contributed by atoms with Gasteiger partial charge in [-0.15, -0.1) is 0 Å². The van der Waals surface area contributed by atoms with Crippen LogP contribution in [-0.4, -0.2) is 29.9 Å². The summed E-state index contributed by atoms with van der Waals surface area (Å²) in [6.45, 7) is 0.854. The molecule has 128 valence electrons. The molecule has 0 saturated carbocycles. The predicted molar refractivity (Wildman–Crippen MR) is 92.0 cm³/mol. The number of amides is 1. The first-order valence-corrected chi connectivity index (χ1v) is 8.07. The molecule has 3 rings (SSSR count). The van der Waals surface area contributed by atoms with Gasteiger partial charge >= 0.3 is 5.97 Å². The highest BCUT2D eigenvalue weighted by Gasteiger charge is 2.20. The van der Waals surface area contributed by atoms with E-state index in [9.17, 15) is 14.0 Å². The second-order valence-electron chi connectivity index (χ2n) is 5.83. The van der Waals surface area contributed by atoms with E-state index in [1.165, 1.54) is 29.8 Å². The number of carbonyl (C=O) groups excluding carboxylic acids is 2. The summed E-state index contributed by atoms with van der Waals surface area (Å²) in [5, 5.41) is 0. The number of hydrogen-bond donors (Lipinski definition) is 0. The van der Waals surface area contributed by atoms with Crippen molar-refractivity contribution >= 4 is 18.0 Å². The second-order valence-corrected chi connectivity index (χ2v) is 5.83. The maximum atomic E-state index is 13.1. The van der Waals surface area contributed by atoms with Gasteiger partial charge in [-0.1, -0.05) is 36.4 Å². The lowest BCUT2D eigenvalue weighted by Crippen LogP contribution is -2.38. The molecular formula is C20H18FNO3. The van der Waals surface area contributed by atoms with Crippen molar-refractivity contribution in [2.75, 3.05) is 13.2 Å². The van der Waals surface area contributed by atoms with Gasteiger partial charge in [-0.3, -0.25) is 4.79 Å². The molecule has 0 bridgehead atoms. The molecule has 0 fully saturated rings. The van der Waals surface area contributed by atoms with Crippen LogP contribution in [0.15, 0.2) is 54.6 Å². The van der Waals surface area contributed by atoms with Crippen molar-refractivity contribution in [3.8, 4) is 0 Å². The summed E-state index contributed by atoms with van der Waals surface area (Å²) in [6, 6.07) is 13.9. The van der Waals surface area contributed by atoms with Gasteiger partial charge < -0.3 is 9.64 Å². The van der Waals surface area contributed by atoms with Crippen LogP contribution in [-0.2, 0) is 27.3 Å². The first kappa shape index (κ1) is 16.9. The summed E-state index contributed by atoms with van der Waals surface area (Å²) in [7, 11) is 0. The molecule has 0 aromatic heterocycles. The fourth-order valence-electron chi connectivity index (χ4n) is 2.76. The molecule has 1 aliphatic heterocycles. The molecule has 4 nitrogen and oxygen atoms in total. The third-order valence-electron chi connectivity index (χ3n) is 4.08. The quantitative estimate of drug-likeness (QED) is 0.635. The van der Waals surface area contributed by atoms with Gasteiger partial charge in [0, 0.05) is 19.2 Å². The van der Waals surface area contributed by atoms with Crippen LogP contribution in [0.5, 0.6) is 0 Å². The standard InChI is InChI=1S/C20H18FNO3/c21-18-7-3-4-15(12-18)8-9-20(24)25-14-19(23)22-11-10-16-5-1-2-6-17(16)13-22/h1-9,12H,10-11,13-14H2/b9-8+. The Hall–Kier alpha value is -2.95. The van der Waals surface area contributed by atoms with Gasteiger partial charge in [0.1, 0.15) is 5.82 Å². The topological polar surface area (TPSA) is 46.6 Å². The molecule has 0 unspecified atom stereocenters. The molecule has 0 spiro atoms. The third kappa shape index (κ3) is 4.53. The minimum Gasteiger partial charge on any atom is -0.452 e. The lowest BCUT2D eigenvalue weighted by atomic mass is 10.00. The predicted octanol–water partition coefficient (Wildman–Crippen LogP) is 2.97. The lowest BCUT2D eigenvalue weighted by molar-refractivity contribution is -0.148. The van der Waals surface area contributed by atoms with Gasteiger partial charge in [0.25, 0.3) is 5.91 Å². The number of esters is 1. The van der Waals surface area contributed by atoms with Crippen LogP contribution in [0.3, 0.4) is 0 Å². The Bertz CT molecular complexity index is 816. The molecule has 1 aliphatic rings. The molecule has 25 heavy (non-hydrogen) atoms. The zero-order chi connectivity index (χ0) is 17.6. The zero-order valence-corrected chi connectivity index (χ0v) is 13.7. The third-order valence-corrected chi connectivity index (χ3v) is 4.08. The van der Waals surface area contributed by atoms with Gasteiger partial charge in [0.15, 0.2) is 6.61 Å². The zero-order valence-electron chi connectivity index (χ0n) is 13.7. The average molecular weight is 339 g/mol. The van der Waals surface area contributed by atoms with Gasteiger partial charge in [0.05, 0.1) is 0 Å². The van der Waals surface area contributed by atoms with Crippen LogP contribution in [0.25, 0.3) is 6.08 Å². The van der Waals surface area contributed by atoms with Crippen LogP contribution in [0, 0.1) is 5.82 Å². The molecule has 0 atom stereocenters. The molecule has 0 saturated heterocycles. The fourth-order valence-corrected chi connectivity index (χ4v) is 2.76. The SMILES string of the molecule is O=C(/C=C/c1cccc(F)c1)OCC(=O)N1CCc2ccccc2C1. The molecule has 5 heteroatoms. The summed E-state index contributed by atoms with van der Waals surface area (Å²) >= 11 is 0. The van der Waals surface area contributed by atoms with Crippen LogP contribution in [0.1, 0.15) is 16.7 Å². The molecule has 2 aromatic rings. The number of nitrogens with zero attached hydrogens (tertiary/aromatic N) is 1. The monoisotopic (exact) mass is 339 g/mol. The van der Waals surface area contributed by atoms with E-state index in [0.29, 0.717) is 18.7 Å². The fraction of sp³-hybridized carbons (Fsp3) is 0.200. The number of ether oxygens (including phenoxy) is 1. The summed E-state index contributed by atoms with van der Waals surface area (Å²) in [4.78, 5) is 25.6. The van der Waals surface area contributed by atoms with Gasteiger partial charge in [-0.05, 0) is 41.3 Å². The lowest BCUT2D eigenvalue weighted by Gasteiger charge is -2.28. The number of fused-ring (bicyclic) bond motifs is 1. The van der Waals surface area contributed by atoms with E-state index in [1.54, 1.807) is 17.0 Å². The normalized spacial score (nSPS) is 13.6. The largest absolute Gasteiger partial charge is 0.452 e. The van der Waals surface area contributed by atoms with E-state index < -0.39 is 5.97 Å². The molecule has 1 heterocycles. The number of halogens is 1. The Morgan fingerprint density at radius 3 is 2.72 bits per heavy atom. The Balaban J connectivity index is 1.50. The van der Waals surface area contributed by atoms with Crippen molar-refractivity contribution in [2.24, 2.45) is 0 Å². The number of carbonyl (C=O) groups is 2. The molecule has 0 radical (unpaired) electrons. The summed E-state index contributed by atoms with van der Waals surface area (Å²) < 4.78 is 18.0. The minimum absolute atomic E-state index is 0.220. The number of benzene rings is 2.